The molecule has 3 heteroatoms. The molecule has 0 aliphatic carbocycles. The Hall–Kier alpha value is -0.860. The van der Waals surface area contributed by atoms with Gasteiger partial charge in [-0.2, -0.15) is 0 Å². The molecule has 0 amide bonds. The smallest absolute Gasteiger partial charge is 0.122 e. The Labute approximate surface area is 49.1 Å². The second kappa shape index (κ2) is 3.18. The van der Waals surface area contributed by atoms with Gasteiger partial charge in [0, 0.05) is 6.42 Å². The van der Waals surface area contributed by atoms with Crippen molar-refractivity contribution in [2.24, 2.45) is 10.7 Å². The molecular formula is C5H11N3. The molecule has 3 N–H and O–H groups in total. The monoisotopic (exact) mass is 113 g/mol. The lowest BCUT2D eigenvalue weighted by Crippen LogP contribution is -2.07. The van der Waals surface area contributed by atoms with Gasteiger partial charge in [0.1, 0.15) is 5.84 Å². The fourth-order valence-electron chi connectivity index (χ4n) is 0.292. The van der Waals surface area contributed by atoms with Crippen molar-refractivity contribution in [3.05, 3.63) is 0 Å². The van der Waals surface area contributed by atoms with Crippen molar-refractivity contribution in [1.82, 2.24) is 0 Å². The summed E-state index contributed by atoms with van der Waals surface area (Å²) in [5.74, 6) is 0.793. The summed E-state index contributed by atoms with van der Waals surface area (Å²) in [6, 6.07) is 0. The second-order valence-electron chi connectivity index (χ2n) is 1.55. The normalized spacial score (nSPS) is 11.5. The third-order valence-electron chi connectivity index (χ3n) is 0.646. The lowest BCUT2D eigenvalue weighted by Gasteiger charge is -1.89. The van der Waals surface area contributed by atoms with E-state index < -0.39 is 0 Å². The second-order valence-corrected chi connectivity index (χ2v) is 1.55. The molecule has 0 fully saturated rings. The minimum absolute atomic E-state index is 0.338. The SMILES string of the molecule is CCC(=N)N=C(C)N. The fraction of sp³-hybridized carbons (Fsp3) is 0.600. The van der Waals surface area contributed by atoms with Gasteiger partial charge in [0.2, 0.25) is 0 Å². The highest BCUT2D eigenvalue weighted by molar-refractivity contribution is 5.93. The summed E-state index contributed by atoms with van der Waals surface area (Å²) in [4.78, 5) is 3.67. The van der Waals surface area contributed by atoms with E-state index in [1.165, 1.54) is 0 Å². The number of rotatable bonds is 1. The Morgan fingerprint density at radius 1 is 1.75 bits per heavy atom. The number of nitrogens with two attached hydrogens (primary N) is 1. The summed E-state index contributed by atoms with van der Waals surface area (Å²) in [7, 11) is 0. The third-order valence-corrected chi connectivity index (χ3v) is 0.646. The maximum atomic E-state index is 7.00. The summed E-state index contributed by atoms with van der Waals surface area (Å²) in [6.07, 6.45) is 0.647. The predicted octanol–water partition coefficient (Wildman–Crippen LogP) is 0.751. The zero-order valence-electron chi connectivity index (χ0n) is 5.23. The van der Waals surface area contributed by atoms with Gasteiger partial charge >= 0.3 is 0 Å². The minimum atomic E-state index is 0.338. The molecule has 46 valence electrons. The highest BCUT2D eigenvalue weighted by atomic mass is 14.9. The van der Waals surface area contributed by atoms with Crippen molar-refractivity contribution in [2.75, 3.05) is 0 Å². The highest BCUT2D eigenvalue weighted by Gasteiger charge is 1.84. The van der Waals surface area contributed by atoms with Crippen LogP contribution in [0.4, 0.5) is 0 Å². The molecule has 0 heterocycles. The van der Waals surface area contributed by atoms with Crippen LogP contribution in [-0.2, 0) is 0 Å². The first-order valence-corrected chi connectivity index (χ1v) is 2.55. The summed E-state index contributed by atoms with van der Waals surface area (Å²) in [6.45, 7) is 3.54. The molecule has 0 spiro atoms. The van der Waals surface area contributed by atoms with E-state index in [-0.39, 0.29) is 0 Å². The first-order chi connectivity index (χ1) is 3.66. The summed E-state index contributed by atoms with van der Waals surface area (Å²) in [5.41, 5.74) is 5.18. The fourth-order valence-corrected chi connectivity index (χ4v) is 0.292. The van der Waals surface area contributed by atoms with Crippen LogP contribution in [0.25, 0.3) is 0 Å². The standard InChI is InChI=1S/C5H11N3/c1-3-5(7)8-4(2)6/h3H2,1-2H3,(H3,6,7,8). The Kier molecular flexibility index (Phi) is 2.84. The Morgan fingerprint density at radius 3 is 2.38 bits per heavy atom. The number of hydrogen-bond acceptors (Lipinski definition) is 1. The van der Waals surface area contributed by atoms with E-state index in [1.807, 2.05) is 6.92 Å². The van der Waals surface area contributed by atoms with Crippen LogP contribution < -0.4 is 5.73 Å². The van der Waals surface area contributed by atoms with Crippen molar-refractivity contribution in [1.29, 1.82) is 5.41 Å². The molecule has 0 unspecified atom stereocenters. The van der Waals surface area contributed by atoms with Gasteiger partial charge in [0.05, 0.1) is 5.84 Å². The number of amidine groups is 2. The average Bonchev–Trinajstić information content (AvgIpc) is 1.65. The molecule has 0 aromatic heterocycles. The molecule has 8 heavy (non-hydrogen) atoms. The minimum Gasteiger partial charge on any atom is -0.387 e. The van der Waals surface area contributed by atoms with Gasteiger partial charge in [0.15, 0.2) is 0 Å². The van der Waals surface area contributed by atoms with Crippen molar-refractivity contribution in [2.45, 2.75) is 20.3 Å². The van der Waals surface area contributed by atoms with E-state index in [0.29, 0.717) is 18.1 Å². The van der Waals surface area contributed by atoms with Gasteiger partial charge in [-0.3, -0.25) is 5.41 Å². The summed E-state index contributed by atoms with van der Waals surface area (Å²) < 4.78 is 0. The van der Waals surface area contributed by atoms with E-state index in [4.69, 9.17) is 11.1 Å². The van der Waals surface area contributed by atoms with Crippen LogP contribution in [0.1, 0.15) is 20.3 Å². The molecule has 0 rings (SSSR count). The Bertz CT molecular complexity index is 111. The third kappa shape index (κ3) is 3.33. The van der Waals surface area contributed by atoms with Crippen molar-refractivity contribution >= 4 is 11.7 Å². The Morgan fingerprint density at radius 2 is 2.25 bits per heavy atom. The maximum Gasteiger partial charge on any atom is 0.122 e. The molecule has 0 bridgehead atoms. The number of nitrogens with zero attached hydrogens (tertiary/aromatic N) is 1. The quantitative estimate of drug-likeness (QED) is 0.382. The molecule has 0 atom stereocenters. The van der Waals surface area contributed by atoms with Crippen LogP contribution in [0, 0.1) is 5.41 Å². The van der Waals surface area contributed by atoms with Gasteiger partial charge in [-0.25, -0.2) is 4.99 Å². The molecule has 0 radical (unpaired) electrons. The van der Waals surface area contributed by atoms with Crippen LogP contribution in [-0.4, -0.2) is 11.7 Å². The molecule has 0 saturated carbocycles. The van der Waals surface area contributed by atoms with Gasteiger partial charge in [-0.15, -0.1) is 0 Å². The zero-order valence-corrected chi connectivity index (χ0v) is 5.23. The molecule has 3 nitrogen and oxygen atoms in total. The van der Waals surface area contributed by atoms with Crippen molar-refractivity contribution in [3.63, 3.8) is 0 Å². The molecule has 0 aromatic rings. The van der Waals surface area contributed by atoms with Crippen LogP contribution >= 0.6 is 0 Å². The lowest BCUT2D eigenvalue weighted by atomic mass is 10.4. The average molecular weight is 113 g/mol. The first-order valence-electron chi connectivity index (χ1n) is 2.55. The topological polar surface area (TPSA) is 62.2 Å². The molecule has 0 saturated heterocycles. The number of nitrogens with one attached hydrogen (secondary N) is 1. The van der Waals surface area contributed by atoms with Gasteiger partial charge in [-0.1, -0.05) is 6.92 Å². The van der Waals surface area contributed by atoms with E-state index in [2.05, 4.69) is 4.99 Å². The van der Waals surface area contributed by atoms with Crippen LogP contribution in [0.5, 0.6) is 0 Å². The van der Waals surface area contributed by atoms with Crippen LogP contribution in [0.2, 0.25) is 0 Å². The van der Waals surface area contributed by atoms with Gasteiger partial charge in [0.25, 0.3) is 0 Å². The highest BCUT2D eigenvalue weighted by Crippen LogP contribution is 1.81. The predicted molar refractivity (Wildman–Crippen MR) is 35.3 cm³/mol. The van der Waals surface area contributed by atoms with E-state index >= 15 is 0 Å². The molecular weight excluding hydrogens is 102 g/mol. The maximum absolute atomic E-state index is 7.00. The van der Waals surface area contributed by atoms with Crippen LogP contribution in [0.15, 0.2) is 4.99 Å². The van der Waals surface area contributed by atoms with E-state index in [1.54, 1.807) is 6.92 Å². The van der Waals surface area contributed by atoms with Crippen LogP contribution in [0.3, 0.4) is 0 Å². The van der Waals surface area contributed by atoms with Gasteiger partial charge < -0.3 is 5.73 Å². The molecule has 0 aromatic carbocycles. The zero-order chi connectivity index (χ0) is 6.57. The van der Waals surface area contributed by atoms with E-state index in [0.717, 1.165) is 0 Å². The summed E-state index contributed by atoms with van der Waals surface area (Å²) >= 11 is 0. The molecule has 0 aliphatic rings. The lowest BCUT2D eigenvalue weighted by molar-refractivity contribution is 1.20. The first kappa shape index (κ1) is 7.14. The number of hydrogen-bond donors (Lipinski definition) is 2. The summed E-state index contributed by atoms with van der Waals surface area (Å²) in [5, 5.41) is 7.00. The number of aliphatic imine (C=N–C) groups is 1. The van der Waals surface area contributed by atoms with Gasteiger partial charge in [-0.05, 0) is 6.92 Å². The van der Waals surface area contributed by atoms with Crippen molar-refractivity contribution in [3.8, 4) is 0 Å². The largest absolute Gasteiger partial charge is 0.387 e. The van der Waals surface area contributed by atoms with E-state index in [9.17, 15) is 0 Å². The Balaban J connectivity index is 3.70. The van der Waals surface area contributed by atoms with Crippen molar-refractivity contribution < 1.29 is 0 Å². The molecule has 0 aliphatic heterocycles.